The Bertz CT molecular complexity index is 298. The highest BCUT2D eigenvalue weighted by atomic mass is 16.5. The van der Waals surface area contributed by atoms with Gasteiger partial charge in [-0.15, -0.1) is 0 Å². The van der Waals surface area contributed by atoms with Crippen LogP contribution in [0.2, 0.25) is 0 Å². The first-order valence-electron chi connectivity index (χ1n) is 8.17. The van der Waals surface area contributed by atoms with E-state index in [9.17, 15) is 0 Å². The zero-order valence-corrected chi connectivity index (χ0v) is 12.2. The summed E-state index contributed by atoms with van der Waals surface area (Å²) in [4.78, 5) is 0. The average molecular weight is 260 g/mol. The van der Waals surface area contributed by atoms with E-state index in [0.717, 1.165) is 5.75 Å². The van der Waals surface area contributed by atoms with Gasteiger partial charge in [-0.1, -0.05) is 63.1 Å². The lowest BCUT2D eigenvalue weighted by Gasteiger charge is -2.22. The van der Waals surface area contributed by atoms with Crippen LogP contribution >= 0.6 is 0 Å². The molecule has 1 heteroatoms. The molecule has 0 N–H and O–H groups in total. The summed E-state index contributed by atoms with van der Waals surface area (Å²) in [6.45, 7) is 0. The summed E-state index contributed by atoms with van der Waals surface area (Å²) in [5, 5.41) is 0. The molecule has 3 rings (SSSR count). The molecule has 0 aromatic heterocycles. The largest absolute Gasteiger partial charge is 0.490 e. The first-order valence-corrected chi connectivity index (χ1v) is 8.17. The molecule has 106 valence electrons. The molecule has 0 amide bonds. The van der Waals surface area contributed by atoms with Gasteiger partial charge < -0.3 is 4.74 Å². The second-order valence-electron chi connectivity index (χ2n) is 5.81. The van der Waals surface area contributed by atoms with Gasteiger partial charge in [0, 0.05) is 0 Å². The summed E-state index contributed by atoms with van der Waals surface area (Å²) in [7, 11) is 0. The summed E-state index contributed by atoms with van der Waals surface area (Å²) in [6, 6.07) is 10.1. The lowest BCUT2D eigenvalue weighted by Crippen LogP contribution is -2.19. The van der Waals surface area contributed by atoms with E-state index in [1.165, 1.54) is 70.6 Å². The van der Waals surface area contributed by atoms with E-state index in [4.69, 9.17) is 4.74 Å². The molecule has 1 aromatic rings. The molecule has 1 nitrogen and oxygen atoms in total. The molecule has 2 saturated carbocycles. The summed E-state index contributed by atoms with van der Waals surface area (Å²) in [6.07, 6.45) is 16.0. The van der Waals surface area contributed by atoms with Crippen LogP contribution in [0.4, 0.5) is 0 Å². The van der Waals surface area contributed by atoms with Gasteiger partial charge in [-0.3, -0.25) is 0 Å². The third-order valence-electron chi connectivity index (χ3n) is 4.10. The molecule has 0 heterocycles. The Morgan fingerprint density at radius 3 is 1.63 bits per heavy atom. The van der Waals surface area contributed by atoms with Crippen molar-refractivity contribution in [3.05, 3.63) is 30.3 Å². The SMILES string of the molecule is C1CCCCC1.c1ccc(OC2CCCCC2)cc1. The first-order chi connectivity index (χ1) is 9.45. The van der Waals surface area contributed by atoms with Crippen LogP contribution in [-0.4, -0.2) is 6.10 Å². The molecule has 0 radical (unpaired) electrons. The molecular formula is C18H28O. The third kappa shape index (κ3) is 6.13. The smallest absolute Gasteiger partial charge is 0.119 e. The second kappa shape index (κ2) is 9.01. The Labute approximate surface area is 118 Å². The van der Waals surface area contributed by atoms with Gasteiger partial charge in [0.25, 0.3) is 0 Å². The highest BCUT2D eigenvalue weighted by Gasteiger charge is 2.14. The minimum Gasteiger partial charge on any atom is -0.490 e. The average Bonchev–Trinajstić information content (AvgIpc) is 2.52. The maximum atomic E-state index is 5.86. The van der Waals surface area contributed by atoms with Crippen molar-refractivity contribution in [1.82, 2.24) is 0 Å². The zero-order valence-electron chi connectivity index (χ0n) is 12.2. The summed E-state index contributed by atoms with van der Waals surface area (Å²) < 4.78 is 5.86. The fourth-order valence-electron chi connectivity index (χ4n) is 2.94. The van der Waals surface area contributed by atoms with Crippen molar-refractivity contribution in [2.45, 2.75) is 76.7 Å². The van der Waals surface area contributed by atoms with E-state index in [0.29, 0.717) is 6.10 Å². The predicted octanol–water partition coefficient (Wildman–Crippen LogP) is 5.74. The van der Waals surface area contributed by atoms with Crippen LogP contribution in [0.1, 0.15) is 70.6 Å². The van der Waals surface area contributed by atoms with Gasteiger partial charge >= 0.3 is 0 Å². The van der Waals surface area contributed by atoms with Gasteiger partial charge in [0.05, 0.1) is 6.10 Å². The molecule has 2 aliphatic rings. The Morgan fingerprint density at radius 1 is 0.632 bits per heavy atom. The molecule has 2 aliphatic carbocycles. The van der Waals surface area contributed by atoms with Crippen LogP contribution < -0.4 is 4.74 Å². The molecular weight excluding hydrogens is 232 g/mol. The molecule has 2 fully saturated rings. The van der Waals surface area contributed by atoms with Crippen molar-refractivity contribution in [3.63, 3.8) is 0 Å². The molecule has 0 spiro atoms. The highest BCUT2D eigenvalue weighted by molar-refractivity contribution is 5.21. The van der Waals surface area contributed by atoms with Gasteiger partial charge in [0.15, 0.2) is 0 Å². The van der Waals surface area contributed by atoms with Crippen LogP contribution in [0, 0.1) is 0 Å². The Kier molecular flexibility index (Phi) is 6.84. The lowest BCUT2D eigenvalue weighted by atomic mass is 9.98. The fraction of sp³-hybridized carbons (Fsp3) is 0.667. The first kappa shape index (κ1) is 14.4. The third-order valence-corrected chi connectivity index (χ3v) is 4.10. The summed E-state index contributed by atoms with van der Waals surface area (Å²) in [5.74, 6) is 1.02. The van der Waals surface area contributed by atoms with E-state index >= 15 is 0 Å². The molecule has 19 heavy (non-hydrogen) atoms. The predicted molar refractivity (Wildman–Crippen MR) is 81.6 cm³/mol. The van der Waals surface area contributed by atoms with Crippen LogP contribution in [0.3, 0.4) is 0 Å². The molecule has 0 atom stereocenters. The normalized spacial score (nSPS) is 20.2. The van der Waals surface area contributed by atoms with Gasteiger partial charge in [-0.2, -0.15) is 0 Å². The lowest BCUT2D eigenvalue weighted by molar-refractivity contribution is 0.155. The number of ether oxygens (including phenoxy) is 1. The maximum Gasteiger partial charge on any atom is 0.119 e. The number of para-hydroxylation sites is 1. The monoisotopic (exact) mass is 260 g/mol. The van der Waals surface area contributed by atoms with Crippen LogP contribution in [0.15, 0.2) is 30.3 Å². The van der Waals surface area contributed by atoms with Crippen LogP contribution in [0.25, 0.3) is 0 Å². The van der Waals surface area contributed by atoms with Crippen molar-refractivity contribution in [2.75, 3.05) is 0 Å². The van der Waals surface area contributed by atoms with Gasteiger partial charge in [-0.05, 0) is 37.8 Å². The minimum atomic E-state index is 0.469. The van der Waals surface area contributed by atoms with E-state index in [1.807, 2.05) is 30.3 Å². The quantitative estimate of drug-likeness (QED) is 0.659. The number of hydrogen-bond acceptors (Lipinski definition) is 1. The molecule has 0 aliphatic heterocycles. The highest BCUT2D eigenvalue weighted by Crippen LogP contribution is 2.22. The number of hydrogen-bond donors (Lipinski definition) is 0. The van der Waals surface area contributed by atoms with Crippen molar-refractivity contribution in [2.24, 2.45) is 0 Å². The Hall–Kier alpha value is -0.980. The zero-order chi connectivity index (χ0) is 13.2. The standard InChI is InChI=1S/C12H16O.C6H12/c1-3-7-11(8-4-1)13-12-9-5-2-6-10-12;1-2-4-6-5-3-1/h1,3-4,7-8,12H,2,5-6,9-10H2;1-6H2. The maximum absolute atomic E-state index is 5.86. The molecule has 0 unspecified atom stereocenters. The van der Waals surface area contributed by atoms with Gasteiger partial charge in [0.2, 0.25) is 0 Å². The molecule has 0 saturated heterocycles. The van der Waals surface area contributed by atoms with Crippen LogP contribution in [-0.2, 0) is 0 Å². The summed E-state index contributed by atoms with van der Waals surface area (Å²) >= 11 is 0. The van der Waals surface area contributed by atoms with Gasteiger partial charge in [0.1, 0.15) is 5.75 Å². The van der Waals surface area contributed by atoms with Gasteiger partial charge in [-0.25, -0.2) is 0 Å². The van der Waals surface area contributed by atoms with Crippen molar-refractivity contribution < 1.29 is 4.74 Å². The van der Waals surface area contributed by atoms with E-state index in [-0.39, 0.29) is 0 Å². The second-order valence-corrected chi connectivity index (χ2v) is 5.81. The number of benzene rings is 1. The number of rotatable bonds is 2. The van der Waals surface area contributed by atoms with Crippen molar-refractivity contribution in [3.8, 4) is 5.75 Å². The topological polar surface area (TPSA) is 9.23 Å². The minimum absolute atomic E-state index is 0.469. The van der Waals surface area contributed by atoms with Crippen LogP contribution in [0.5, 0.6) is 5.75 Å². The van der Waals surface area contributed by atoms with E-state index < -0.39 is 0 Å². The van der Waals surface area contributed by atoms with E-state index in [2.05, 4.69) is 0 Å². The molecule has 1 aromatic carbocycles. The van der Waals surface area contributed by atoms with E-state index in [1.54, 1.807) is 0 Å². The molecule has 0 bridgehead atoms. The van der Waals surface area contributed by atoms with Crippen molar-refractivity contribution >= 4 is 0 Å². The Morgan fingerprint density at radius 2 is 1.11 bits per heavy atom. The Balaban J connectivity index is 0.000000186. The summed E-state index contributed by atoms with van der Waals surface area (Å²) in [5.41, 5.74) is 0. The van der Waals surface area contributed by atoms with Crippen molar-refractivity contribution in [1.29, 1.82) is 0 Å². The fourth-order valence-corrected chi connectivity index (χ4v) is 2.94.